The number of aliphatic hydroxyl groups is 6. The van der Waals surface area contributed by atoms with E-state index in [-0.39, 0.29) is 12.0 Å². The molecular weight excluding hydrogens is 368 g/mol. The van der Waals surface area contributed by atoms with Crippen molar-refractivity contribution in [2.45, 2.75) is 62.0 Å². The molecule has 11 heteroatoms. The number of carboxylic acids is 1. The van der Waals surface area contributed by atoms with E-state index in [2.05, 4.69) is 0 Å². The summed E-state index contributed by atoms with van der Waals surface area (Å²) < 4.78 is 16.1. The molecule has 154 valence electrons. The van der Waals surface area contributed by atoms with Crippen LogP contribution in [-0.2, 0) is 19.0 Å². The van der Waals surface area contributed by atoms with Crippen LogP contribution in [0.5, 0.6) is 0 Å². The summed E-state index contributed by atoms with van der Waals surface area (Å²) >= 11 is 0. The first-order valence-electron chi connectivity index (χ1n) is 8.53. The molecule has 0 amide bonds. The van der Waals surface area contributed by atoms with Crippen molar-refractivity contribution in [2.75, 3.05) is 6.61 Å². The van der Waals surface area contributed by atoms with Gasteiger partial charge in [-0.2, -0.15) is 0 Å². The van der Waals surface area contributed by atoms with Gasteiger partial charge in [-0.1, -0.05) is 0 Å². The van der Waals surface area contributed by atoms with Gasteiger partial charge in [-0.05, 0) is 6.92 Å². The maximum atomic E-state index is 11.4. The maximum absolute atomic E-state index is 11.4. The number of fused-ring (bicyclic) bond motifs is 1. The van der Waals surface area contributed by atoms with E-state index in [1.54, 1.807) is 0 Å². The minimum absolute atomic E-state index is 0.120. The van der Waals surface area contributed by atoms with Crippen molar-refractivity contribution < 1.29 is 54.8 Å². The summed E-state index contributed by atoms with van der Waals surface area (Å²) in [7, 11) is 0. The Kier molecular flexibility index (Phi) is 5.49. The molecule has 1 aliphatic carbocycles. The summed E-state index contributed by atoms with van der Waals surface area (Å²) in [6.07, 6.45) is -9.34. The smallest absolute Gasteiger partial charge is 0.335 e. The summed E-state index contributed by atoms with van der Waals surface area (Å²) in [6.45, 7) is 0.751. The van der Waals surface area contributed by atoms with Crippen LogP contribution < -0.4 is 0 Å². The summed E-state index contributed by atoms with van der Waals surface area (Å²) in [6, 6.07) is 0. The monoisotopic (exact) mass is 392 g/mol. The zero-order valence-corrected chi connectivity index (χ0v) is 14.5. The standard InChI is InChI=1S/C16H24O11/c1-16(24)2-6(18)8-5(13(22)23)4-25-14(9(8)16)27-15-12(21)11(20)10(19)7(3-17)26-15/h4,6-12,14-15,17-21,24H,2-3H2,1H3,(H,22,23)/t6?,7?,8?,9?,10?,11?,12?,14?,15?,16-/m0/s1. The number of carbonyl (C=O) groups is 1. The lowest BCUT2D eigenvalue weighted by Crippen LogP contribution is -2.60. The molecule has 0 aromatic heterocycles. The number of hydrogen-bond acceptors (Lipinski definition) is 10. The fourth-order valence-corrected chi connectivity index (χ4v) is 4.10. The van der Waals surface area contributed by atoms with E-state index in [0.29, 0.717) is 0 Å². The minimum Gasteiger partial charge on any atom is -0.478 e. The summed E-state index contributed by atoms with van der Waals surface area (Å²) in [5.41, 5.74) is -1.77. The van der Waals surface area contributed by atoms with Gasteiger partial charge in [0.05, 0.1) is 36.1 Å². The third-order valence-corrected chi connectivity index (χ3v) is 5.49. The van der Waals surface area contributed by atoms with Crippen LogP contribution in [-0.4, -0.2) is 97.0 Å². The molecule has 3 rings (SSSR count). The molecule has 0 aromatic carbocycles. The maximum Gasteiger partial charge on any atom is 0.335 e. The zero-order valence-electron chi connectivity index (χ0n) is 14.5. The molecule has 2 heterocycles. The van der Waals surface area contributed by atoms with Crippen LogP contribution >= 0.6 is 0 Å². The van der Waals surface area contributed by atoms with Gasteiger partial charge in [0.25, 0.3) is 0 Å². The van der Waals surface area contributed by atoms with Gasteiger partial charge >= 0.3 is 5.97 Å². The molecule has 1 saturated heterocycles. The van der Waals surface area contributed by atoms with Crippen molar-refractivity contribution in [3.8, 4) is 0 Å². The topological polar surface area (TPSA) is 186 Å². The van der Waals surface area contributed by atoms with Gasteiger partial charge < -0.3 is 50.0 Å². The van der Waals surface area contributed by atoms with Crippen molar-refractivity contribution in [2.24, 2.45) is 11.8 Å². The molecule has 27 heavy (non-hydrogen) atoms. The number of rotatable bonds is 4. The van der Waals surface area contributed by atoms with Crippen molar-refractivity contribution in [1.29, 1.82) is 0 Å². The average molecular weight is 392 g/mol. The minimum atomic E-state index is -1.69. The zero-order chi connectivity index (χ0) is 20.1. The molecule has 0 aromatic rings. The molecule has 0 bridgehead atoms. The molecule has 2 fully saturated rings. The Morgan fingerprint density at radius 3 is 2.48 bits per heavy atom. The number of carboxylic acid groups (broad SMARTS) is 1. The molecule has 1 saturated carbocycles. The van der Waals surface area contributed by atoms with Gasteiger partial charge in [0, 0.05) is 12.3 Å². The molecule has 0 spiro atoms. The lowest BCUT2D eigenvalue weighted by molar-refractivity contribution is -0.346. The predicted octanol–water partition coefficient (Wildman–Crippen LogP) is -3.12. The van der Waals surface area contributed by atoms with E-state index in [9.17, 15) is 40.5 Å². The van der Waals surface area contributed by atoms with Crippen molar-refractivity contribution in [1.82, 2.24) is 0 Å². The van der Waals surface area contributed by atoms with Gasteiger partial charge in [0.1, 0.15) is 24.4 Å². The van der Waals surface area contributed by atoms with E-state index in [1.807, 2.05) is 0 Å². The molecule has 7 N–H and O–H groups in total. The molecule has 9 unspecified atom stereocenters. The second kappa shape index (κ2) is 7.26. The second-order valence-electron chi connectivity index (χ2n) is 7.40. The second-order valence-corrected chi connectivity index (χ2v) is 7.40. The summed E-state index contributed by atoms with van der Waals surface area (Å²) in [5.74, 6) is -3.30. The van der Waals surface area contributed by atoms with Crippen molar-refractivity contribution >= 4 is 5.97 Å². The van der Waals surface area contributed by atoms with E-state index in [1.165, 1.54) is 6.92 Å². The van der Waals surface area contributed by atoms with Crippen molar-refractivity contribution in [3.63, 3.8) is 0 Å². The number of ether oxygens (including phenoxy) is 3. The first-order chi connectivity index (χ1) is 12.6. The highest BCUT2D eigenvalue weighted by atomic mass is 16.8. The van der Waals surface area contributed by atoms with Crippen LogP contribution in [0.3, 0.4) is 0 Å². The summed E-state index contributed by atoms with van der Waals surface area (Å²) in [5, 5.41) is 69.2. The van der Waals surface area contributed by atoms with Crippen LogP contribution in [0.1, 0.15) is 13.3 Å². The van der Waals surface area contributed by atoms with Gasteiger partial charge in [0.2, 0.25) is 6.29 Å². The Morgan fingerprint density at radius 2 is 1.89 bits per heavy atom. The Bertz CT molecular complexity index is 603. The van der Waals surface area contributed by atoms with Gasteiger partial charge in [-0.15, -0.1) is 0 Å². The fraction of sp³-hybridized carbons (Fsp3) is 0.812. The normalized spacial score (nSPS) is 49.9. The lowest BCUT2D eigenvalue weighted by Gasteiger charge is -2.44. The molecule has 0 radical (unpaired) electrons. The number of aliphatic hydroxyl groups excluding tert-OH is 5. The van der Waals surface area contributed by atoms with E-state index >= 15 is 0 Å². The lowest BCUT2D eigenvalue weighted by atomic mass is 9.81. The Hall–Kier alpha value is -1.31. The van der Waals surface area contributed by atoms with Crippen LogP contribution in [0.25, 0.3) is 0 Å². The molecule has 3 aliphatic rings. The van der Waals surface area contributed by atoms with Gasteiger partial charge in [0.15, 0.2) is 6.29 Å². The quantitative estimate of drug-likeness (QED) is 0.256. The van der Waals surface area contributed by atoms with Crippen LogP contribution in [0.4, 0.5) is 0 Å². The fourth-order valence-electron chi connectivity index (χ4n) is 4.10. The van der Waals surface area contributed by atoms with Crippen LogP contribution in [0.2, 0.25) is 0 Å². The summed E-state index contributed by atoms with van der Waals surface area (Å²) in [4.78, 5) is 11.4. The highest BCUT2D eigenvalue weighted by molar-refractivity contribution is 5.87. The molecular formula is C16H24O11. The SMILES string of the molecule is C[C@]1(O)CC(O)C2C(C(=O)O)=COC(OC3OC(CO)C(O)C(O)C3O)C21. The van der Waals surface area contributed by atoms with E-state index in [0.717, 1.165) is 6.26 Å². The van der Waals surface area contributed by atoms with Crippen molar-refractivity contribution in [3.05, 3.63) is 11.8 Å². The first-order valence-corrected chi connectivity index (χ1v) is 8.53. The Balaban J connectivity index is 1.85. The largest absolute Gasteiger partial charge is 0.478 e. The van der Waals surface area contributed by atoms with Gasteiger partial charge in [-0.25, -0.2) is 4.79 Å². The first kappa shape index (κ1) is 20.4. The predicted molar refractivity (Wildman–Crippen MR) is 83.7 cm³/mol. The highest BCUT2D eigenvalue weighted by Crippen LogP contribution is 2.49. The van der Waals surface area contributed by atoms with E-state index in [4.69, 9.17) is 14.2 Å². The highest BCUT2D eigenvalue weighted by Gasteiger charge is 2.59. The van der Waals surface area contributed by atoms with Crippen LogP contribution in [0.15, 0.2) is 11.8 Å². The Morgan fingerprint density at radius 1 is 1.22 bits per heavy atom. The van der Waals surface area contributed by atoms with Gasteiger partial charge in [-0.3, -0.25) is 0 Å². The number of hydrogen-bond donors (Lipinski definition) is 7. The van der Waals surface area contributed by atoms with E-state index < -0.39 is 73.1 Å². The molecule has 10 atom stereocenters. The Labute approximate surface area is 154 Å². The third kappa shape index (κ3) is 3.45. The number of aliphatic carboxylic acids is 1. The van der Waals surface area contributed by atoms with Crippen LogP contribution in [0, 0.1) is 11.8 Å². The molecule has 2 aliphatic heterocycles. The third-order valence-electron chi connectivity index (χ3n) is 5.49. The average Bonchev–Trinajstić information content (AvgIpc) is 2.85. The molecule has 11 nitrogen and oxygen atoms in total.